The van der Waals surface area contributed by atoms with Gasteiger partial charge < -0.3 is 26.4 Å². The molecule has 5 N–H and O–H groups in total. The van der Waals surface area contributed by atoms with Gasteiger partial charge in [-0.1, -0.05) is 6.07 Å². The van der Waals surface area contributed by atoms with Crippen LogP contribution < -0.4 is 26.4 Å². The molecule has 9 heteroatoms. The first-order chi connectivity index (χ1) is 14.9. The van der Waals surface area contributed by atoms with E-state index in [1.54, 1.807) is 0 Å². The van der Waals surface area contributed by atoms with E-state index in [9.17, 15) is 9.18 Å². The summed E-state index contributed by atoms with van der Waals surface area (Å²) < 4.78 is 19.7. The number of ether oxygens (including phenoxy) is 1. The molecule has 1 aromatic carbocycles. The van der Waals surface area contributed by atoms with Crippen molar-refractivity contribution in [3.63, 3.8) is 0 Å². The normalized spacial score (nSPS) is 22.9. The van der Waals surface area contributed by atoms with Crippen LogP contribution in [-0.2, 0) is 6.42 Å². The molecule has 0 saturated carbocycles. The largest absolute Gasteiger partial charge is 0.491 e. The van der Waals surface area contributed by atoms with Gasteiger partial charge in [-0.05, 0) is 37.1 Å². The Hall–Kier alpha value is -2.91. The lowest BCUT2D eigenvalue weighted by atomic mass is 10.0. The van der Waals surface area contributed by atoms with Crippen molar-refractivity contribution in [2.24, 2.45) is 5.73 Å². The number of nitrogens with one attached hydrogen (secondary N) is 1. The van der Waals surface area contributed by atoms with Gasteiger partial charge in [0.1, 0.15) is 28.2 Å². The van der Waals surface area contributed by atoms with E-state index in [0.29, 0.717) is 36.7 Å². The molecule has 2 aliphatic heterocycles. The summed E-state index contributed by atoms with van der Waals surface area (Å²) in [6.45, 7) is 3.05. The number of carbonyl (C=O) groups excluding carboxylic acids is 1. The fraction of sp³-hybridized carbons (Fsp3) is 0.364. The average Bonchev–Trinajstić information content (AvgIpc) is 3.26. The summed E-state index contributed by atoms with van der Waals surface area (Å²) in [6.07, 6.45) is -0.369. The third kappa shape index (κ3) is 3.68. The van der Waals surface area contributed by atoms with Gasteiger partial charge in [0.05, 0.1) is 24.3 Å². The first-order valence-corrected chi connectivity index (χ1v) is 11.1. The summed E-state index contributed by atoms with van der Waals surface area (Å²) in [7, 11) is 0. The lowest BCUT2D eigenvalue weighted by Gasteiger charge is -2.28. The van der Waals surface area contributed by atoms with E-state index >= 15 is 0 Å². The van der Waals surface area contributed by atoms with Gasteiger partial charge in [-0.25, -0.2) is 9.37 Å². The van der Waals surface area contributed by atoms with Crippen LogP contribution in [-0.4, -0.2) is 48.8 Å². The number of nitrogens with two attached hydrogens (primary N) is 2. The Bertz CT molecular complexity index is 1160. The van der Waals surface area contributed by atoms with Crippen molar-refractivity contribution in [2.45, 2.75) is 31.6 Å². The Balaban J connectivity index is 1.29. The minimum absolute atomic E-state index is 0.166. The molecule has 1 saturated heterocycles. The van der Waals surface area contributed by atoms with Crippen molar-refractivity contribution in [3.05, 3.63) is 46.5 Å². The summed E-state index contributed by atoms with van der Waals surface area (Å²) in [4.78, 5) is 20.5. The Morgan fingerprint density at radius 1 is 1.32 bits per heavy atom. The zero-order valence-electron chi connectivity index (χ0n) is 17.1. The maximum Gasteiger partial charge on any atom is 0.263 e. The minimum Gasteiger partial charge on any atom is -0.491 e. The number of fused-ring (bicyclic) bond motifs is 2. The third-order valence-electron chi connectivity index (χ3n) is 5.89. The number of aryl methyl sites for hydroxylation is 1. The van der Waals surface area contributed by atoms with E-state index in [0.717, 1.165) is 32.9 Å². The van der Waals surface area contributed by atoms with E-state index in [1.807, 2.05) is 42.2 Å². The van der Waals surface area contributed by atoms with Crippen LogP contribution in [0.4, 0.5) is 15.8 Å². The number of halogens is 1. The SMILES string of the molecule is Cc1ccc2c(N)c(C(=O)N[C@H]3COc4cc(N5C[C@@H](F)[C@@H](N)C5)ccc4C3)sc2n1. The smallest absolute Gasteiger partial charge is 0.263 e. The second kappa shape index (κ2) is 7.65. The van der Waals surface area contributed by atoms with Crippen molar-refractivity contribution in [3.8, 4) is 5.75 Å². The van der Waals surface area contributed by atoms with E-state index in [-0.39, 0.29) is 11.9 Å². The predicted octanol–water partition coefficient (Wildman–Crippen LogP) is 2.41. The number of carbonyl (C=O) groups is 1. The lowest BCUT2D eigenvalue weighted by molar-refractivity contribution is 0.0920. The van der Waals surface area contributed by atoms with Crippen LogP contribution in [0.5, 0.6) is 5.75 Å². The molecule has 3 aromatic rings. The summed E-state index contributed by atoms with van der Waals surface area (Å²) in [5.74, 6) is 0.548. The molecule has 0 spiro atoms. The lowest BCUT2D eigenvalue weighted by Crippen LogP contribution is -2.42. The van der Waals surface area contributed by atoms with E-state index < -0.39 is 12.2 Å². The number of hydrogen-bond donors (Lipinski definition) is 3. The van der Waals surface area contributed by atoms with Crippen LogP contribution >= 0.6 is 11.3 Å². The van der Waals surface area contributed by atoms with Gasteiger partial charge in [0.2, 0.25) is 0 Å². The van der Waals surface area contributed by atoms with Crippen LogP contribution in [0.1, 0.15) is 20.9 Å². The van der Waals surface area contributed by atoms with Gasteiger partial charge in [0.15, 0.2) is 0 Å². The number of anilines is 2. The highest BCUT2D eigenvalue weighted by molar-refractivity contribution is 7.21. The van der Waals surface area contributed by atoms with Crippen LogP contribution in [0.25, 0.3) is 10.2 Å². The number of nitrogen functional groups attached to an aromatic ring is 1. The molecule has 5 rings (SSSR count). The highest BCUT2D eigenvalue weighted by Crippen LogP contribution is 2.34. The maximum atomic E-state index is 13.8. The molecule has 0 aliphatic carbocycles. The number of amides is 1. The molecule has 1 amide bonds. The van der Waals surface area contributed by atoms with Crippen LogP contribution in [0.2, 0.25) is 0 Å². The number of nitrogens with zero attached hydrogens (tertiary/aromatic N) is 2. The molecular formula is C22H24FN5O2S. The van der Waals surface area contributed by atoms with E-state index in [2.05, 4.69) is 10.3 Å². The van der Waals surface area contributed by atoms with Gasteiger partial charge in [0.25, 0.3) is 5.91 Å². The zero-order chi connectivity index (χ0) is 21.7. The Labute approximate surface area is 183 Å². The second-order valence-electron chi connectivity index (χ2n) is 8.21. The molecule has 2 aliphatic rings. The fourth-order valence-corrected chi connectivity index (χ4v) is 5.20. The van der Waals surface area contributed by atoms with Gasteiger partial charge in [-0.3, -0.25) is 4.79 Å². The van der Waals surface area contributed by atoms with Gasteiger partial charge in [0, 0.05) is 29.4 Å². The molecule has 162 valence electrons. The first-order valence-electron chi connectivity index (χ1n) is 10.3. The quantitative estimate of drug-likeness (QED) is 0.576. The Morgan fingerprint density at radius 2 is 2.16 bits per heavy atom. The molecule has 0 bridgehead atoms. The number of hydrogen-bond acceptors (Lipinski definition) is 7. The molecule has 1 fully saturated rings. The van der Waals surface area contributed by atoms with Gasteiger partial charge in [-0.2, -0.15) is 0 Å². The highest BCUT2D eigenvalue weighted by Gasteiger charge is 2.31. The number of benzene rings is 1. The molecule has 31 heavy (non-hydrogen) atoms. The van der Waals surface area contributed by atoms with Crippen molar-refractivity contribution in [1.29, 1.82) is 0 Å². The Kier molecular flexibility index (Phi) is 4.94. The van der Waals surface area contributed by atoms with Gasteiger partial charge in [-0.15, -0.1) is 11.3 Å². The third-order valence-corrected chi connectivity index (χ3v) is 7.00. The zero-order valence-corrected chi connectivity index (χ0v) is 17.9. The predicted molar refractivity (Wildman–Crippen MR) is 121 cm³/mol. The number of pyridine rings is 1. The summed E-state index contributed by atoms with van der Waals surface area (Å²) in [5, 5.41) is 3.84. The van der Waals surface area contributed by atoms with E-state index in [1.165, 1.54) is 11.3 Å². The molecule has 0 unspecified atom stereocenters. The topological polar surface area (TPSA) is 106 Å². The fourth-order valence-electron chi connectivity index (χ4n) is 4.16. The van der Waals surface area contributed by atoms with Crippen molar-refractivity contribution in [2.75, 3.05) is 30.3 Å². The summed E-state index contributed by atoms with van der Waals surface area (Å²) in [5.41, 5.74) is 15.3. The van der Waals surface area contributed by atoms with Crippen molar-refractivity contribution in [1.82, 2.24) is 10.3 Å². The molecule has 3 atom stereocenters. The summed E-state index contributed by atoms with van der Waals surface area (Å²) in [6, 6.07) is 9.01. The molecule has 4 heterocycles. The second-order valence-corrected chi connectivity index (χ2v) is 9.21. The first kappa shape index (κ1) is 20.0. The van der Waals surface area contributed by atoms with Crippen molar-refractivity contribution < 1.29 is 13.9 Å². The standard InChI is InChI=1S/C22H24FN5O2S/c1-11-2-5-15-19(25)20(31-22(15)26-11)21(29)27-13-6-12-3-4-14(7-18(12)30-10-13)28-8-16(23)17(24)9-28/h2-5,7,13,16-17H,6,8-10,24-25H2,1H3,(H,27,29)/t13-,16-,17+/m1/s1. The number of rotatable bonds is 3. The van der Waals surface area contributed by atoms with Crippen LogP contribution in [0.15, 0.2) is 30.3 Å². The maximum absolute atomic E-state index is 13.8. The van der Waals surface area contributed by atoms with Crippen LogP contribution in [0.3, 0.4) is 0 Å². The number of alkyl halides is 1. The molecule has 0 radical (unpaired) electrons. The molecule has 2 aromatic heterocycles. The molecular weight excluding hydrogens is 417 g/mol. The van der Waals surface area contributed by atoms with E-state index in [4.69, 9.17) is 16.2 Å². The highest BCUT2D eigenvalue weighted by atomic mass is 32.1. The van der Waals surface area contributed by atoms with Crippen molar-refractivity contribution >= 4 is 38.8 Å². The summed E-state index contributed by atoms with van der Waals surface area (Å²) >= 11 is 1.30. The molecule has 7 nitrogen and oxygen atoms in total. The Morgan fingerprint density at radius 3 is 2.94 bits per heavy atom. The van der Waals surface area contributed by atoms with Crippen LogP contribution in [0, 0.1) is 6.92 Å². The monoisotopic (exact) mass is 441 g/mol. The number of thiophene rings is 1. The average molecular weight is 442 g/mol. The minimum atomic E-state index is -1.02. The number of aromatic nitrogens is 1. The van der Waals surface area contributed by atoms with Gasteiger partial charge >= 0.3 is 0 Å².